The summed E-state index contributed by atoms with van der Waals surface area (Å²) in [6, 6.07) is 5.94. The van der Waals surface area contributed by atoms with Crippen molar-refractivity contribution in [3.05, 3.63) is 29.6 Å². The van der Waals surface area contributed by atoms with E-state index in [2.05, 4.69) is 9.97 Å². The lowest BCUT2D eigenvalue weighted by molar-refractivity contribution is -0.117. The first kappa shape index (κ1) is 9.71. The summed E-state index contributed by atoms with van der Waals surface area (Å²) in [7, 11) is 0. The van der Waals surface area contributed by atoms with Gasteiger partial charge >= 0.3 is 0 Å². The summed E-state index contributed by atoms with van der Waals surface area (Å²) in [6.45, 7) is 1.92. The molecule has 0 aliphatic carbocycles. The second-order valence-electron chi connectivity index (χ2n) is 3.64. The Kier molecular flexibility index (Phi) is 2.41. The van der Waals surface area contributed by atoms with E-state index in [-0.39, 0.29) is 5.91 Å². The van der Waals surface area contributed by atoms with E-state index in [1.807, 2.05) is 25.1 Å². The van der Waals surface area contributed by atoms with Gasteiger partial charge in [-0.1, -0.05) is 6.07 Å². The van der Waals surface area contributed by atoms with Gasteiger partial charge in [0.15, 0.2) is 0 Å². The molecule has 78 valence electrons. The first-order chi connectivity index (χ1) is 7.15. The molecular formula is C11H13N3O. The molecule has 0 bridgehead atoms. The lowest BCUT2D eigenvalue weighted by atomic mass is 10.1. The van der Waals surface area contributed by atoms with E-state index in [1.54, 1.807) is 0 Å². The zero-order valence-electron chi connectivity index (χ0n) is 8.58. The molecule has 0 saturated carbocycles. The molecule has 0 unspecified atom stereocenters. The molecule has 0 aliphatic heterocycles. The van der Waals surface area contributed by atoms with E-state index in [0.29, 0.717) is 12.8 Å². The van der Waals surface area contributed by atoms with Crippen molar-refractivity contribution >= 4 is 16.9 Å². The lowest BCUT2D eigenvalue weighted by Crippen LogP contribution is -2.11. The molecule has 4 nitrogen and oxygen atoms in total. The Bertz CT molecular complexity index is 502. The van der Waals surface area contributed by atoms with Crippen LogP contribution in [0.15, 0.2) is 18.2 Å². The monoisotopic (exact) mass is 203 g/mol. The number of imidazole rings is 1. The van der Waals surface area contributed by atoms with E-state index in [1.165, 1.54) is 0 Å². The fourth-order valence-electron chi connectivity index (χ4n) is 1.61. The summed E-state index contributed by atoms with van der Waals surface area (Å²) in [4.78, 5) is 18.1. The van der Waals surface area contributed by atoms with Crippen LogP contribution < -0.4 is 5.73 Å². The molecule has 0 atom stereocenters. The summed E-state index contributed by atoms with van der Waals surface area (Å²) < 4.78 is 0. The van der Waals surface area contributed by atoms with Crippen LogP contribution in [0.5, 0.6) is 0 Å². The molecule has 0 fully saturated rings. The third-order valence-electron chi connectivity index (χ3n) is 2.32. The van der Waals surface area contributed by atoms with E-state index in [4.69, 9.17) is 5.73 Å². The van der Waals surface area contributed by atoms with Crippen molar-refractivity contribution in [2.75, 3.05) is 0 Å². The van der Waals surface area contributed by atoms with Crippen molar-refractivity contribution in [3.8, 4) is 0 Å². The number of aryl methyl sites for hydroxylation is 2. The number of carbonyl (C=O) groups is 1. The highest BCUT2D eigenvalue weighted by Gasteiger charge is 2.02. The minimum atomic E-state index is -0.268. The second-order valence-corrected chi connectivity index (χ2v) is 3.64. The van der Waals surface area contributed by atoms with Gasteiger partial charge in [0, 0.05) is 6.42 Å². The number of nitrogens with zero attached hydrogens (tertiary/aromatic N) is 1. The third kappa shape index (κ3) is 2.15. The zero-order valence-corrected chi connectivity index (χ0v) is 8.58. The van der Waals surface area contributed by atoms with Crippen molar-refractivity contribution in [1.29, 1.82) is 0 Å². The average molecular weight is 203 g/mol. The molecule has 2 aromatic rings. The summed E-state index contributed by atoms with van der Waals surface area (Å²) in [5.41, 5.74) is 8.16. The SMILES string of the molecule is Cc1nc2ccc(CCC(N)=O)cc2[nH]1. The summed E-state index contributed by atoms with van der Waals surface area (Å²) in [5.74, 6) is 0.632. The lowest BCUT2D eigenvalue weighted by Gasteiger charge is -1.98. The average Bonchev–Trinajstić information content (AvgIpc) is 2.53. The second kappa shape index (κ2) is 3.73. The number of primary amides is 1. The van der Waals surface area contributed by atoms with Gasteiger partial charge in [-0.15, -0.1) is 0 Å². The molecule has 1 amide bonds. The van der Waals surface area contributed by atoms with Crippen molar-refractivity contribution in [1.82, 2.24) is 9.97 Å². The van der Waals surface area contributed by atoms with E-state index in [9.17, 15) is 4.79 Å². The van der Waals surface area contributed by atoms with Gasteiger partial charge in [-0.05, 0) is 31.0 Å². The topological polar surface area (TPSA) is 71.8 Å². The number of nitrogens with two attached hydrogens (primary N) is 1. The van der Waals surface area contributed by atoms with Gasteiger partial charge in [-0.25, -0.2) is 4.98 Å². The molecule has 4 heteroatoms. The molecule has 1 aromatic heterocycles. The van der Waals surface area contributed by atoms with Crippen molar-refractivity contribution < 1.29 is 4.79 Å². The molecule has 2 rings (SSSR count). The Morgan fingerprint density at radius 3 is 3.07 bits per heavy atom. The molecule has 0 saturated heterocycles. The molecular weight excluding hydrogens is 190 g/mol. The highest BCUT2D eigenvalue weighted by molar-refractivity contribution is 5.77. The van der Waals surface area contributed by atoms with Crippen LogP contribution in [-0.2, 0) is 11.2 Å². The standard InChI is InChI=1S/C11H13N3O/c1-7-13-9-4-2-8(3-5-11(12)15)6-10(9)14-7/h2,4,6H,3,5H2,1H3,(H2,12,15)(H,13,14). The Hall–Kier alpha value is -1.84. The van der Waals surface area contributed by atoms with Gasteiger partial charge in [0.1, 0.15) is 5.82 Å². The van der Waals surface area contributed by atoms with Crippen LogP contribution in [0.1, 0.15) is 17.8 Å². The smallest absolute Gasteiger partial charge is 0.217 e. The van der Waals surface area contributed by atoms with Crippen LogP contribution in [0.2, 0.25) is 0 Å². The number of aromatic amines is 1. The Labute approximate surface area is 87.5 Å². The van der Waals surface area contributed by atoms with Gasteiger partial charge in [-0.2, -0.15) is 0 Å². The number of carbonyl (C=O) groups excluding carboxylic acids is 1. The number of hydrogen-bond acceptors (Lipinski definition) is 2. The number of amides is 1. The van der Waals surface area contributed by atoms with Crippen LogP contribution in [0.25, 0.3) is 11.0 Å². The first-order valence-corrected chi connectivity index (χ1v) is 4.89. The number of benzene rings is 1. The maximum Gasteiger partial charge on any atom is 0.217 e. The van der Waals surface area contributed by atoms with E-state index in [0.717, 1.165) is 22.4 Å². The van der Waals surface area contributed by atoms with Gasteiger partial charge < -0.3 is 10.7 Å². The Morgan fingerprint density at radius 1 is 1.53 bits per heavy atom. The van der Waals surface area contributed by atoms with E-state index >= 15 is 0 Å². The number of aromatic nitrogens is 2. The molecule has 0 aliphatic rings. The molecule has 3 N–H and O–H groups in total. The Morgan fingerprint density at radius 2 is 2.33 bits per heavy atom. The fourth-order valence-corrected chi connectivity index (χ4v) is 1.61. The number of H-pyrrole nitrogens is 1. The van der Waals surface area contributed by atoms with Gasteiger partial charge in [0.25, 0.3) is 0 Å². The largest absolute Gasteiger partial charge is 0.370 e. The van der Waals surface area contributed by atoms with Crippen LogP contribution in [0.4, 0.5) is 0 Å². The summed E-state index contributed by atoms with van der Waals surface area (Å²) >= 11 is 0. The van der Waals surface area contributed by atoms with Crippen LogP contribution in [0, 0.1) is 6.92 Å². The highest BCUT2D eigenvalue weighted by atomic mass is 16.1. The molecule has 1 aromatic carbocycles. The van der Waals surface area contributed by atoms with Gasteiger partial charge in [0.05, 0.1) is 11.0 Å². The quantitative estimate of drug-likeness (QED) is 0.789. The number of nitrogens with one attached hydrogen (secondary N) is 1. The summed E-state index contributed by atoms with van der Waals surface area (Å²) in [5, 5.41) is 0. The van der Waals surface area contributed by atoms with Crippen molar-refractivity contribution in [2.24, 2.45) is 5.73 Å². The fraction of sp³-hybridized carbons (Fsp3) is 0.273. The number of hydrogen-bond donors (Lipinski definition) is 2. The van der Waals surface area contributed by atoms with Crippen molar-refractivity contribution in [3.63, 3.8) is 0 Å². The van der Waals surface area contributed by atoms with Crippen LogP contribution >= 0.6 is 0 Å². The predicted molar refractivity (Wildman–Crippen MR) is 58.3 cm³/mol. The predicted octanol–water partition coefficient (Wildman–Crippen LogP) is 1.29. The maximum absolute atomic E-state index is 10.6. The zero-order chi connectivity index (χ0) is 10.8. The molecule has 0 radical (unpaired) electrons. The highest BCUT2D eigenvalue weighted by Crippen LogP contribution is 2.14. The van der Waals surface area contributed by atoms with Crippen molar-refractivity contribution in [2.45, 2.75) is 19.8 Å². The Balaban J connectivity index is 2.26. The van der Waals surface area contributed by atoms with Gasteiger partial charge in [0.2, 0.25) is 5.91 Å². The molecule has 1 heterocycles. The number of rotatable bonds is 3. The van der Waals surface area contributed by atoms with Gasteiger partial charge in [-0.3, -0.25) is 4.79 Å². The van der Waals surface area contributed by atoms with Crippen LogP contribution in [0.3, 0.4) is 0 Å². The normalized spacial score (nSPS) is 10.7. The minimum Gasteiger partial charge on any atom is -0.370 e. The van der Waals surface area contributed by atoms with Crippen LogP contribution in [-0.4, -0.2) is 15.9 Å². The minimum absolute atomic E-state index is 0.268. The third-order valence-corrected chi connectivity index (χ3v) is 2.32. The first-order valence-electron chi connectivity index (χ1n) is 4.89. The maximum atomic E-state index is 10.6. The summed E-state index contributed by atoms with van der Waals surface area (Å²) in [6.07, 6.45) is 1.07. The number of fused-ring (bicyclic) bond motifs is 1. The van der Waals surface area contributed by atoms with E-state index < -0.39 is 0 Å². The molecule has 15 heavy (non-hydrogen) atoms. The molecule has 0 spiro atoms.